The minimum Gasteiger partial charge on any atom is -0.497 e. The number of hydrogen-bond acceptors (Lipinski definition) is 8. The van der Waals surface area contributed by atoms with Crippen LogP contribution in [0.5, 0.6) is 5.75 Å². The fourth-order valence-corrected chi connectivity index (χ4v) is 5.73. The lowest BCUT2D eigenvalue weighted by Crippen LogP contribution is -2.39. The largest absolute Gasteiger partial charge is 0.497 e. The average molecular weight is 505 g/mol. The lowest BCUT2D eigenvalue weighted by molar-refractivity contribution is 0.0541. The molecule has 0 radical (unpaired) electrons. The summed E-state index contributed by atoms with van der Waals surface area (Å²) in [6.07, 6.45) is 8.09. The Morgan fingerprint density at radius 2 is 2.08 bits per heavy atom. The molecule has 4 heterocycles. The first kappa shape index (κ1) is 23.9. The summed E-state index contributed by atoms with van der Waals surface area (Å²) in [6, 6.07) is 11.1. The maximum Gasteiger partial charge on any atom is 0.253 e. The molecule has 194 valence electrons. The van der Waals surface area contributed by atoms with Crippen molar-refractivity contribution in [1.29, 1.82) is 0 Å². The van der Waals surface area contributed by atoms with E-state index in [9.17, 15) is 4.79 Å². The lowest BCUT2D eigenvalue weighted by atomic mass is 10.0. The second-order valence-electron chi connectivity index (χ2n) is 9.97. The van der Waals surface area contributed by atoms with Gasteiger partial charge in [-0.3, -0.25) is 9.69 Å². The summed E-state index contributed by atoms with van der Waals surface area (Å²) >= 11 is 0. The van der Waals surface area contributed by atoms with Gasteiger partial charge in [0.2, 0.25) is 0 Å². The van der Waals surface area contributed by atoms with Crippen molar-refractivity contribution in [3.63, 3.8) is 0 Å². The number of ether oxygens (including phenoxy) is 2. The van der Waals surface area contributed by atoms with Gasteiger partial charge in [-0.25, -0.2) is 4.68 Å². The van der Waals surface area contributed by atoms with Crippen molar-refractivity contribution in [3.05, 3.63) is 70.2 Å². The third-order valence-corrected chi connectivity index (χ3v) is 7.57. The Bertz CT molecular complexity index is 1390. The molecule has 0 bridgehead atoms. The highest BCUT2D eigenvalue weighted by molar-refractivity contribution is 5.80. The van der Waals surface area contributed by atoms with Gasteiger partial charge in [0.05, 0.1) is 32.1 Å². The molecular formula is C27H32N6O4. The molecule has 0 amide bonds. The summed E-state index contributed by atoms with van der Waals surface area (Å²) in [6.45, 7) is 1.86. The van der Waals surface area contributed by atoms with Gasteiger partial charge in [-0.05, 0) is 72.5 Å². The van der Waals surface area contributed by atoms with Crippen molar-refractivity contribution in [2.24, 2.45) is 0 Å². The van der Waals surface area contributed by atoms with Crippen molar-refractivity contribution in [2.45, 2.75) is 63.3 Å². The Balaban J connectivity index is 1.50. The fourth-order valence-electron chi connectivity index (χ4n) is 5.73. The van der Waals surface area contributed by atoms with Gasteiger partial charge < -0.3 is 18.9 Å². The molecule has 1 N–H and O–H groups in total. The smallest absolute Gasteiger partial charge is 0.253 e. The number of H-pyrrole nitrogens is 1. The zero-order chi connectivity index (χ0) is 25.2. The molecule has 1 aliphatic carbocycles. The van der Waals surface area contributed by atoms with E-state index in [1.54, 1.807) is 13.4 Å². The molecule has 2 atom stereocenters. The van der Waals surface area contributed by atoms with E-state index in [2.05, 4.69) is 25.4 Å². The lowest BCUT2D eigenvalue weighted by Gasteiger charge is -2.32. The van der Waals surface area contributed by atoms with Crippen LogP contribution in [-0.2, 0) is 11.3 Å². The number of nitrogens with one attached hydrogen (secondary N) is 1. The van der Waals surface area contributed by atoms with Crippen LogP contribution in [-0.4, -0.2) is 56.5 Å². The number of rotatable bonds is 9. The molecule has 1 saturated heterocycles. The monoisotopic (exact) mass is 504 g/mol. The summed E-state index contributed by atoms with van der Waals surface area (Å²) in [7, 11) is 1.64. The first-order valence-corrected chi connectivity index (χ1v) is 13.1. The number of aromatic amines is 1. The van der Waals surface area contributed by atoms with Crippen LogP contribution in [0.4, 0.5) is 0 Å². The number of methoxy groups -OCH3 is 1. The third kappa shape index (κ3) is 4.91. The minimum absolute atomic E-state index is 0.0629. The highest BCUT2D eigenvalue weighted by atomic mass is 16.5. The molecular weight excluding hydrogens is 472 g/mol. The second-order valence-corrected chi connectivity index (χ2v) is 9.97. The van der Waals surface area contributed by atoms with E-state index in [4.69, 9.17) is 13.9 Å². The van der Waals surface area contributed by atoms with Crippen LogP contribution in [0.25, 0.3) is 10.9 Å². The molecule has 0 unspecified atom stereocenters. The van der Waals surface area contributed by atoms with Gasteiger partial charge in [-0.15, -0.1) is 5.10 Å². The third-order valence-electron chi connectivity index (χ3n) is 7.57. The van der Waals surface area contributed by atoms with Gasteiger partial charge in [0.25, 0.3) is 5.56 Å². The molecule has 37 heavy (non-hydrogen) atoms. The molecule has 10 nitrogen and oxygen atoms in total. The molecule has 10 heteroatoms. The minimum atomic E-state index is -0.496. The number of furan rings is 1. The molecule has 1 aromatic carbocycles. The van der Waals surface area contributed by atoms with Crippen molar-refractivity contribution in [3.8, 4) is 5.75 Å². The fraction of sp³-hybridized carbons (Fsp3) is 0.481. The Morgan fingerprint density at radius 1 is 1.19 bits per heavy atom. The van der Waals surface area contributed by atoms with E-state index in [1.165, 1.54) is 0 Å². The summed E-state index contributed by atoms with van der Waals surface area (Å²) in [4.78, 5) is 19.0. The molecule has 1 aliphatic heterocycles. The van der Waals surface area contributed by atoms with E-state index in [0.717, 1.165) is 67.5 Å². The van der Waals surface area contributed by atoms with Gasteiger partial charge >= 0.3 is 0 Å². The van der Waals surface area contributed by atoms with E-state index < -0.39 is 6.04 Å². The Kier molecular flexibility index (Phi) is 6.75. The highest BCUT2D eigenvalue weighted by Gasteiger charge is 2.35. The number of nitrogens with zero attached hydrogens (tertiary/aromatic N) is 5. The van der Waals surface area contributed by atoms with Crippen molar-refractivity contribution in [1.82, 2.24) is 30.1 Å². The predicted molar refractivity (Wildman–Crippen MR) is 136 cm³/mol. The van der Waals surface area contributed by atoms with Crippen LogP contribution in [0.3, 0.4) is 0 Å². The van der Waals surface area contributed by atoms with Crippen LogP contribution < -0.4 is 10.3 Å². The summed E-state index contributed by atoms with van der Waals surface area (Å²) < 4.78 is 19.2. The van der Waals surface area contributed by atoms with Crippen molar-refractivity contribution < 1.29 is 13.9 Å². The van der Waals surface area contributed by atoms with Crippen molar-refractivity contribution in [2.75, 3.05) is 20.3 Å². The van der Waals surface area contributed by atoms with Crippen LogP contribution in [0, 0.1) is 0 Å². The van der Waals surface area contributed by atoms with E-state index in [-0.39, 0.29) is 17.7 Å². The summed E-state index contributed by atoms with van der Waals surface area (Å²) in [5.74, 6) is 2.20. The number of tetrazole rings is 1. The normalized spacial score (nSPS) is 19.2. The summed E-state index contributed by atoms with van der Waals surface area (Å²) in [5.41, 5.74) is 1.17. The van der Waals surface area contributed by atoms with Gasteiger partial charge in [-0.2, -0.15) is 0 Å². The number of benzene rings is 1. The second kappa shape index (κ2) is 10.5. The van der Waals surface area contributed by atoms with Crippen LogP contribution in [0.15, 0.2) is 51.9 Å². The number of aromatic nitrogens is 5. The standard InChI is InChI=1S/C27H32N6O4/c1-35-20-10-11-24-18(14-20)15-23(27(34)28-24)25(26-29-30-31-33(26)19-6-2-3-7-19)32(16-21-8-4-12-36-21)17-22-9-5-13-37-22/h4,8,10-12,14-15,19,22,25H,2-3,5-7,9,13,16-17H2,1H3,(H,28,34)/t22-,25+/m1/s1. The number of hydrogen-bond donors (Lipinski definition) is 1. The first-order chi connectivity index (χ1) is 18.2. The molecule has 2 aliphatic rings. The van der Waals surface area contributed by atoms with Crippen LogP contribution >= 0.6 is 0 Å². The predicted octanol–water partition coefficient (Wildman–Crippen LogP) is 4.00. The van der Waals surface area contributed by atoms with Crippen molar-refractivity contribution >= 4 is 10.9 Å². The zero-order valence-corrected chi connectivity index (χ0v) is 21.0. The molecule has 1 saturated carbocycles. The molecule has 4 aromatic rings. The number of fused-ring (bicyclic) bond motifs is 1. The highest BCUT2D eigenvalue weighted by Crippen LogP contribution is 2.35. The SMILES string of the molecule is COc1ccc2[nH]c(=O)c([C@@H](c3nnnn3C3CCCC3)N(Cc3ccco3)C[C@H]3CCCO3)cc2c1. The molecule has 3 aromatic heterocycles. The maximum absolute atomic E-state index is 13.7. The van der Waals surface area contributed by atoms with Gasteiger partial charge in [0.15, 0.2) is 5.82 Å². The maximum atomic E-state index is 13.7. The van der Waals surface area contributed by atoms with Crippen LogP contribution in [0.2, 0.25) is 0 Å². The number of pyridine rings is 1. The quantitative estimate of drug-likeness (QED) is 0.364. The van der Waals surface area contributed by atoms with Crippen LogP contribution in [0.1, 0.15) is 67.8 Å². The first-order valence-electron chi connectivity index (χ1n) is 13.1. The average Bonchev–Trinajstić information content (AvgIpc) is 3.73. The van der Waals surface area contributed by atoms with Gasteiger partial charge in [0, 0.05) is 29.6 Å². The zero-order valence-electron chi connectivity index (χ0n) is 21.0. The summed E-state index contributed by atoms with van der Waals surface area (Å²) in [5, 5.41) is 13.9. The molecule has 6 rings (SSSR count). The van der Waals surface area contributed by atoms with Gasteiger partial charge in [0.1, 0.15) is 17.6 Å². The van der Waals surface area contributed by atoms with E-state index >= 15 is 0 Å². The topological polar surface area (TPSA) is 111 Å². The van der Waals surface area contributed by atoms with Gasteiger partial charge in [-0.1, -0.05) is 12.8 Å². The van der Waals surface area contributed by atoms with E-state index in [0.29, 0.717) is 24.5 Å². The Morgan fingerprint density at radius 3 is 2.84 bits per heavy atom. The molecule has 2 fully saturated rings. The Hall–Kier alpha value is -3.50. The van der Waals surface area contributed by atoms with E-state index in [1.807, 2.05) is 41.1 Å². The molecule has 0 spiro atoms. The Labute approximate surface area is 214 Å².